The van der Waals surface area contributed by atoms with E-state index < -0.39 is 21.2 Å². The number of sulfone groups is 1. The van der Waals surface area contributed by atoms with Crippen LogP contribution in [0.2, 0.25) is 0 Å². The van der Waals surface area contributed by atoms with Gasteiger partial charge in [0.25, 0.3) is 5.56 Å². The summed E-state index contributed by atoms with van der Waals surface area (Å²) in [6, 6.07) is 2.84. The van der Waals surface area contributed by atoms with Crippen LogP contribution in [0.1, 0.15) is 35.3 Å². The Hall–Kier alpha value is -2.39. The minimum absolute atomic E-state index is 0.0207. The molecule has 8 nitrogen and oxygen atoms in total. The summed E-state index contributed by atoms with van der Waals surface area (Å²) in [6.07, 6.45) is 2.49. The number of carbonyl (C=O) groups is 1. The zero-order chi connectivity index (χ0) is 20.2. The number of nitrogens with zero attached hydrogens (tertiary/aromatic N) is 1. The lowest BCUT2D eigenvalue weighted by atomic mass is 9.99. The number of aromatic amines is 1. The van der Waals surface area contributed by atoms with E-state index in [-0.39, 0.29) is 16.0 Å². The van der Waals surface area contributed by atoms with E-state index >= 15 is 0 Å². The number of benzene rings is 1. The molecule has 2 aromatic rings. The molecule has 0 amide bonds. The van der Waals surface area contributed by atoms with Gasteiger partial charge in [-0.2, -0.15) is 0 Å². The van der Waals surface area contributed by atoms with Gasteiger partial charge in [-0.25, -0.2) is 8.42 Å². The first-order chi connectivity index (χ1) is 12.7. The van der Waals surface area contributed by atoms with Crippen LogP contribution in [-0.2, 0) is 21.1 Å². The smallest absolute Gasteiger partial charge is 0.277 e. The van der Waals surface area contributed by atoms with Crippen molar-refractivity contribution in [3.8, 4) is 0 Å². The number of aryl methyl sites for hydroxylation is 1. The molecule has 0 saturated carbocycles. The maximum absolute atomic E-state index is 12.9. The number of ketones is 1. The lowest BCUT2D eigenvalue weighted by Crippen LogP contribution is -2.22. The van der Waals surface area contributed by atoms with Crippen molar-refractivity contribution in [1.29, 1.82) is 0 Å². The van der Waals surface area contributed by atoms with E-state index in [0.29, 0.717) is 37.6 Å². The minimum atomic E-state index is -3.50. The lowest BCUT2D eigenvalue weighted by Gasteiger charge is -2.16. The molecule has 0 spiro atoms. The molecule has 0 atom stereocenters. The van der Waals surface area contributed by atoms with Crippen LogP contribution in [0, 0.1) is 6.92 Å². The summed E-state index contributed by atoms with van der Waals surface area (Å²) in [4.78, 5) is 25.2. The molecule has 9 heteroatoms. The van der Waals surface area contributed by atoms with Crippen LogP contribution in [0.25, 0.3) is 0 Å². The summed E-state index contributed by atoms with van der Waals surface area (Å²) in [6.45, 7) is 7.08. The third kappa shape index (κ3) is 4.48. The Kier molecular flexibility index (Phi) is 6.61. The third-order valence-corrected chi connectivity index (χ3v) is 5.36. The molecule has 0 fully saturated rings. The summed E-state index contributed by atoms with van der Waals surface area (Å²) < 4.78 is 30.9. The number of ether oxygens (including phenoxy) is 1. The largest absolute Gasteiger partial charge is 0.381 e. The van der Waals surface area contributed by atoms with Crippen molar-refractivity contribution in [2.24, 2.45) is 0 Å². The molecule has 0 bridgehead atoms. The topological polar surface area (TPSA) is 110 Å². The van der Waals surface area contributed by atoms with E-state index in [1.807, 2.05) is 6.92 Å². The van der Waals surface area contributed by atoms with Gasteiger partial charge in [0.05, 0.1) is 17.2 Å². The molecule has 1 heterocycles. The molecule has 0 aliphatic carbocycles. The fraction of sp³-hybridized carbons (Fsp3) is 0.444. The number of hydrogen-bond acceptors (Lipinski definition) is 6. The monoisotopic (exact) mass is 395 g/mol. The Morgan fingerprint density at radius 2 is 1.96 bits per heavy atom. The first-order valence-electron chi connectivity index (χ1n) is 8.70. The molecule has 1 aromatic carbocycles. The second-order valence-electron chi connectivity index (χ2n) is 6.07. The molecular formula is C18H25N3O5S. The molecule has 0 radical (unpaired) electrons. The molecule has 27 heavy (non-hydrogen) atoms. The summed E-state index contributed by atoms with van der Waals surface area (Å²) in [5.41, 5.74) is 0.727. The highest BCUT2D eigenvalue weighted by Crippen LogP contribution is 2.29. The zero-order valence-corrected chi connectivity index (χ0v) is 16.8. The fourth-order valence-corrected chi connectivity index (χ4v) is 3.72. The Morgan fingerprint density at radius 3 is 2.52 bits per heavy atom. The van der Waals surface area contributed by atoms with Crippen molar-refractivity contribution in [3.05, 3.63) is 45.4 Å². The van der Waals surface area contributed by atoms with Crippen molar-refractivity contribution in [2.75, 3.05) is 31.3 Å². The van der Waals surface area contributed by atoms with Gasteiger partial charge in [0, 0.05) is 37.7 Å². The van der Waals surface area contributed by atoms with Crippen LogP contribution >= 0.6 is 0 Å². The molecule has 2 rings (SSSR count). The van der Waals surface area contributed by atoms with Gasteiger partial charge in [0.1, 0.15) is 5.56 Å². The van der Waals surface area contributed by atoms with Crippen molar-refractivity contribution in [3.63, 3.8) is 0 Å². The van der Waals surface area contributed by atoms with E-state index in [0.717, 1.165) is 6.26 Å². The van der Waals surface area contributed by atoms with Crippen LogP contribution in [0.4, 0.5) is 5.69 Å². The predicted molar refractivity (Wildman–Crippen MR) is 103 cm³/mol. The van der Waals surface area contributed by atoms with Crippen LogP contribution < -0.4 is 10.9 Å². The van der Waals surface area contributed by atoms with Gasteiger partial charge in [-0.1, -0.05) is 0 Å². The normalized spacial score (nSPS) is 11.6. The summed E-state index contributed by atoms with van der Waals surface area (Å²) in [5, 5.41) is 5.80. The van der Waals surface area contributed by atoms with Gasteiger partial charge in [-0.3, -0.25) is 14.3 Å². The van der Waals surface area contributed by atoms with Crippen molar-refractivity contribution in [2.45, 2.75) is 32.2 Å². The van der Waals surface area contributed by atoms with E-state index in [1.54, 1.807) is 13.8 Å². The van der Waals surface area contributed by atoms with Crippen LogP contribution in [0.3, 0.4) is 0 Å². The first-order valence-corrected chi connectivity index (χ1v) is 10.6. The highest BCUT2D eigenvalue weighted by atomic mass is 32.2. The molecule has 0 aliphatic rings. The van der Waals surface area contributed by atoms with Crippen molar-refractivity contribution < 1.29 is 17.9 Å². The number of hydrogen-bond donors (Lipinski definition) is 2. The van der Waals surface area contributed by atoms with Gasteiger partial charge in [0.2, 0.25) is 5.78 Å². The highest BCUT2D eigenvalue weighted by molar-refractivity contribution is 7.90. The Morgan fingerprint density at radius 1 is 1.26 bits per heavy atom. The van der Waals surface area contributed by atoms with E-state index in [2.05, 4.69) is 10.4 Å². The molecule has 1 aromatic heterocycles. The molecule has 0 unspecified atom stereocenters. The van der Waals surface area contributed by atoms with Crippen LogP contribution in [0.15, 0.2) is 28.0 Å². The number of rotatable bonds is 9. The Balaban J connectivity index is 2.50. The first kappa shape index (κ1) is 20.9. The van der Waals surface area contributed by atoms with Crippen LogP contribution in [-0.4, -0.2) is 50.0 Å². The summed E-state index contributed by atoms with van der Waals surface area (Å²) >= 11 is 0. The van der Waals surface area contributed by atoms with Gasteiger partial charge in [-0.15, -0.1) is 0 Å². The second-order valence-corrected chi connectivity index (χ2v) is 8.06. The summed E-state index contributed by atoms with van der Waals surface area (Å²) in [7, 11) is -3.50. The van der Waals surface area contributed by atoms with Gasteiger partial charge >= 0.3 is 0 Å². The summed E-state index contributed by atoms with van der Waals surface area (Å²) in [5.74, 6) is -0.450. The number of H-pyrrole nitrogens is 1. The number of aromatic nitrogens is 2. The van der Waals surface area contributed by atoms with E-state index in [1.165, 1.54) is 23.0 Å². The van der Waals surface area contributed by atoms with Gasteiger partial charge < -0.3 is 15.2 Å². The molecular weight excluding hydrogens is 370 g/mol. The van der Waals surface area contributed by atoms with Crippen molar-refractivity contribution in [1.82, 2.24) is 9.78 Å². The van der Waals surface area contributed by atoms with E-state index in [4.69, 9.17) is 4.74 Å². The standard InChI is InChI=1S/C18H25N3O5S/c1-5-21-18(23)14(11-20-21)17(22)13-7-8-15(27(4,24)25)16(12(13)3)19-9-10-26-6-2/h7-8,11,19-20H,5-6,9-10H2,1-4H3. The average Bonchev–Trinajstić information content (AvgIpc) is 2.98. The lowest BCUT2D eigenvalue weighted by molar-refractivity contribution is 0.103. The fourth-order valence-electron chi connectivity index (χ4n) is 2.80. The van der Waals surface area contributed by atoms with Gasteiger partial charge in [0.15, 0.2) is 9.84 Å². The van der Waals surface area contributed by atoms with Gasteiger partial charge in [-0.05, 0) is 38.5 Å². The van der Waals surface area contributed by atoms with Crippen LogP contribution in [0.5, 0.6) is 0 Å². The molecule has 148 valence electrons. The Bertz CT molecular complexity index is 989. The predicted octanol–water partition coefficient (Wildman–Crippen LogP) is 1.59. The van der Waals surface area contributed by atoms with Crippen molar-refractivity contribution >= 4 is 21.3 Å². The minimum Gasteiger partial charge on any atom is -0.381 e. The molecule has 2 N–H and O–H groups in total. The SMILES string of the molecule is CCOCCNc1c(S(C)(=O)=O)ccc(C(=O)c2c[nH]n(CC)c2=O)c1C. The number of nitrogens with one attached hydrogen (secondary N) is 2. The second kappa shape index (κ2) is 8.53. The molecule has 0 saturated heterocycles. The highest BCUT2D eigenvalue weighted by Gasteiger charge is 2.23. The average molecular weight is 395 g/mol. The number of carbonyl (C=O) groups excluding carboxylic acids is 1. The molecule has 0 aliphatic heterocycles. The van der Waals surface area contributed by atoms with E-state index in [9.17, 15) is 18.0 Å². The quantitative estimate of drug-likeness (QED) is 0.493. The third-order valence-electron chi connectivity index (χ3n) is 4.22. The zero-order valence-electron chi connectivity index (χ0n) is 16.0. The maximum Gasteiger partial charge on any atom is 0.277 e. The number of anilines is 1. The Labute approximate surface area is 158 Å². The maximum atomic E-state index is 12.9.